The van der Waals surface area contributed by atoms with Crippen molar-refractivity contribution in [2.75, 3.05) is 12.3 Å². The number of thiophene rings is 2. The minimum atomic E-state index is -3.45. The highest BCUT2D eigenvalue weighted by atomic mass is 32.2. The lowest BCUT2D eigenvalue weighted by molar-refractivity contribution is 0.0958. The first-order chi connectivity index (χ1) is 8.46. The minimum Gasteiger partial charge on any atom is -0.351 e. The van der Waals surface area contributed by atoms with E-state index in [4.69, 9.17) is 5.14 Å². The van der Waals surface area contributed by atoms with Crippen LogP contribution in [0.25, 0.3) is 9.40 Å². The molecular formula is C10H12N2O3S3. The van der Waals surface area contributed by atoms with Gasteiger partial charge in [-0.25, -0.2) is 13.6 Å². The molecule has 0 fully saturated rings. The lowest BCUT2D eigenvalue weighted by Crippen LogP contribution is -2.26. The Morgan fingerprint density at radius 3 is 2.83 bits per heavy atom. The van der Waals surface area contributed by atoms with E-state index in [1.807, 2.05) is 17.5 Å². The fraction of sp³-hybridized carbons (Fsp3) is 0.300. The molecule has 0 saturated heterocycles. The topological polar surface area (TPSA) is 89.3 Å². The van der Waals surface area contributed by atoms with E-state index < -0.39 is 10.0 Å². The number of carbonyl (C=O) groups excluding carboxylic acids is 1. The number of hydrogen-bond acceptors (Lipinski definition) is 5. The number of nitrogens with two attached hydrogens (primary N) is 1. The van der Waals surface area contributed by atoms with Crippen LogP contribution in [0.15, 0.2) is 17.5 Å². The average Bonchev–Trinajstić information content (AvgIpc) is 2.82. The molecule has 0 saturated carbocycles. The van der Waals surface area contributed by atoms with Crippen LogP contribution in [0, 0.1) is 0 Å². The molecule has 2 aromatic heterocycles. The summed E-state index contributed by atoms with van der Waals surface area (Å²) in [4.78, 5) is 12.4. The van der Waals surface area contributed by atoms with Gasteiger partial charge in [0.25, 0.3) is 5.91 Å². The second-order valence-corrected chi connectivity index (χ2v) is 7.50. The summed E-state index contributed by atoms with van der Waals surface area (Å²) >= 11 is 3.02. The lowest BCUT2D eigenvalue weighted by atomic mass is 10.4. The van der Waals surface area contributed by atoms with Gasteiger partial charge in [-0.1, -0.05) is 0 Å². The Kier molecular flexibility index (Phi) is 4.00. The number of hydrogen-bond donors (Lipinski definition) is 2. The summed E-state index contributed by atoms with van der Waals surface area (Å²) in [5, 5.41) is 9.52. The molecule has 2 heterocycles. The Morgan fingerprint density at radius 1 is 1.39 bits per heavy atom. The molecule has 0 spiro atoms. The third-order valence-electron chi connectivity index (χ3n) is 2.25. The first kappa shape index (κ1) is 13.5. The largest absolute Gasteiger partial charge is 0.351 e. The van der Waals surface area contributed by atoms with Gasteiger partial charge in [0.1, 0.15) is 0 Å². The molecule has 1 amide bonds. The van der Waals surface area contributed by atoms with E-state index in [0.717, 1.165) is 9.40 Å². The quantitative estimate of drug-likeness (QED) is 0.818. The standard InChI is InChI=1S/C10H12N2O3S3/c11-18(14,15)5-1-3-12-10(13)9-6-8-7(17-9)2-4-16-8/h2,4,6H,1,3,5H2,(H,12,13)(H2,11,14,15). The molecule has 0 unspecified atom stereocenters. The van der Waals surface area contributed by atoms with Crippen molar-refractivity contribution >= 4 is 48.0 Å². The normalized spacial score (nSPS) is 11.8. The number of primary sulfonamides is 1. The predicted molar refractivity (Wildman–Crippen MR) is 74.6 cm³/mol. The first-order valence-corrected chi connectivity index (χ1v) is 8.62. The molecule has 5 nitrogen and oxygen atoms in total. The van der Waals surface area contributed by atoms with Crippen LogP contribution in [0.1, 0.15) is 16.1 Å². The summed E-state index contributed by atoms with van der Waals surface area (Å²) in [7, 11) is -3.45. The maximum absolute atomic E-state index is 11.8. The zero-order chi connectivity index (χ0) is 13.2. The van der Waals surface area contributed by atoms with E-state index in [1.165, 1.54) is 11.3 Å². The molecule has 0 radical (unpaired) electrons. The number of rotatable bonds is 5. The number of carbonyl (C=O) groups is 1. The Balaban J connectivity index is 1.87. The van der Waals surface area contributed by atoms with Gasteiger partial charge in [-0.15, -0.1) is 22.7 Å². The summed E-state index contributed by atoms with van der Waals surface area (Å²) in [6, 6.07) is 3.82. The third-order valence-corrected chi connectivity index (χ3v) is 5.20. The highest BCUT2D eigenvalue weighted by Crippen LogP contribution is 2.29. The van der Waals surface area contributed by atoms with Crippen LogP contribution in [0.5, 0.6) is 0 Å². The Labute approximate surface area is 113 Å². The average molecular weight is 304 g/mol. The van der Waals surface area contributed by atoms with E-state index in [1.54, 1.807) is 11.3 Å². The number of fused-ring (bicyclic) bond motifs is 1. The van der Waals surface area contributed by atoms with E-state index >= 15 is 0 Å². The summed E-state index contributed by atoms with van der Waals surface area (Å²) in [6.45, 7) is 0.306. The van der Waals surface area contributed by atoms with Gasteiger partial charge in [0.05, 0.1) is 10.6 Å². The van der Waals surface area contributed by atoms with Crippen molar-refractivity contribution in [2.45, 2.75) is 6.42 Å². The number of nitrogens with one attached hydrogen (secondary N) is 1. The zero-order valence-corrected chi connectivity index (χ0v) is 11.8. The van der Waals surface area contributed by atoms with Gasteiger partial charge in [-0.3, -0.25) is 4.79 Å². The lowest BCUT2D eigenvalue weighted by Gasteiger charge is -2.02. The first-order valence-electron chi connectivity index (χ1n) is 5.21. The van der Waals surface area contributed by atoms with E-state index in [9.17, 15) is 13.2 Å². The van der Waals surface area contributed by atoms with Gasteiger partial charge in [0.15, 0.2) is 0 Å². The Bertz CT molecular complexity index is 628. The molecule has 0 aliphatic carbocycles. The van der Waals surface area contributed by atoms with Gasteiger partial charge < -0.3 is 5.32 Å². The third kappa shape index (κ3) is 3.52. The molecule has 18 heavy (non-hydrogen) atoms. The second-order valence-electron chi connectivity index (χ2n) is 3.74. The monoisotopic (exact) mass is 304 g/mol. The molecule has 0 aliphatic heterocycles. The van der Waals surface area contributed by atoms with Crippen molar-refractivity contribution in [2.24, 2.45) is 5.14 Å². The SMILES string of the molecule is NS(=O)(=O)CCCNC(=O)c1cc2sccc2s1. The molecule has 0 bridgehead atoms. The summed E-state index contributed by atoms with van der Waals surface area (Å²) in [6.07, 6.45) is 0.324. The van der Waals surface area contributed by atoms with Crippen molar-refractivity contribution in [3.05, 3.63) is 22.4 Å². The van der Waals surface area contributed by atoms with Crippen LogP contribution in [-0.4, -0.2) is 26.6 Å². The molecule has 3 N–H and O–H groups in total. The fourth-order valence-corrected chi connectivity index (χ4v) is 4.01. The van der Waals surface area contributed by atoms with Crippen LogP contribution < -0.4 is 10.5 Å². The minimum absolute atomic E-state index is 0.118. The highest BCUT2D eigenvalue weighted by molar-refractivity contribution is 7.89. The van der Waals surface area contributed by atoms with Gasteiger partial charge in [0, 0.05) is 15.9 Å². The van der Waals surface area contributed by atoms with Crippen LogP contribution in [0.4, 0.5) is 0 Å². The molecule has 2 rings (SSSR count). The van der Waals surface area contributed by atoms with Crippen LogP contribution in [-0.2, 0) is 10.0 Å². The van der Waals surface area contributed by atoms with Gasteiger partial charge >= 0.3 is 0 Å². The van der Waals surface area contributed by atoms with Crippen molar-refractivity contribution in [1.82, 2.24) is 5.32 Å². The number of sulfonamides is 1. The second kappa shape index (κ2) is 5.35. The van der Waals surface area contributed by atoms with Crippen molar-refractivity contribution in [3.8, 4) is 0 Å². The maximum Gasteiger partial charge on any atom is 0.261 e. The van der Waals surface area contributed by atoms with E-state index in [2.05, 4.69) is 5.32 Å². The van der Waals surface area contributed by atoms with Crippen molar-refractivity contribution in [3.63, 3.8) is 0 Å². The number of amides is 1. The fourth-order valence-electron chi connectivity index (χ4n) is 1.44. The molecular weight excluding hydrogens is 292 g/mol. The summed E-state index contributed by atoms with van der Waals surface area (Å²) in [5.41, 5.74) is 0. The van der Waals surface area contributed by atoms with Crippen molar-refractivity contribution < 1.29 is 13.2 Å². The molecule has 8 heteroatoms. The summed E-state index contributed by atoms with van der Waals surface area (Å²) in [5.74, 6) is -0.287. The van der Waals surface area contributed by atoms with Gasteiger partial charge in [0.2, 0.25) is 10.0 Å². The van der Waals surface area contributed by atoms with Crippen LogP contribution in [0.2, 0.25) is 0 Å². The van der Waals surface area contributed by atoms with Crippen molar-refractivity contribution in [1.29, 1.82) is 0 Å². The molecule has 0 aromatic carbocycles. The van der Waals surface area contributed by atoms with Crippen LogP contribution in [0.3, 0.4) is 0 Å². The van der Waals surface area contributed by atoms with Gasteiger partial charge in [-0.2, -0.15) is 0 Å². The smallest absolute Gasteiger partial charge is 0.261 e. The highest BCUT2D eigenvalue weighted by Gasteiger charge is 2.10. The van der Waals surface area contributed by atoms with E-state index in [0.29, 0.717) is 17.8 Å². The molecule has 2 aromatic rings. The summed E-state index contributed by atoms with van der Waals surface area (Å²) < 4.78 is 23.6. The Hall–Kier alpha value is -0.960. The maximum atomic E-state index is 11.8. The molecule has 98 valence electrons. The van der Waals surface area contributed by atoms with Gasteiger partial charge in [-0.05, 0) is 23.9 Å². The predicted octanol–water partition coefficient (Wildman–Crippen LogP) is 1.37. The molecule has 0 atom stereocenters. The van der Waals surface area contributed by atoms with E-state index in [-0.39, 0.29) is 11.7 Å². The Morgan fingerprint density at radius 2 is 2.17 bits per heavy atom. The molecule has 0 aliphatic rings. The zero-order valence-electron chi connectivity index (χ0n) is 9.38. The van der Waals surface area contributed by atoms with Crippen LogP contribution >= 0.6 is 22.7 Å².